The van der Waals surface area contributed by atoms with E-state index in [0.717, 1.165) is 0 Å². The fourth-order valence-corrected chi connectivity index (χ4v) is 3.32. The molecule has 1 amide bonds. The number of hydrogen-bond acceptors (Lipinski definition) is 4. The van der Waals surface area contributed by atoms with E-state index in [4.69, 9.17) is 16.8 Å². The molecular formula is C12H17ClN2O4S. The highest BCUT2D eigenvalue weighted by molar-refractivity contribution is 7.88. The molecule has 0 aromatic heterocycles. The molecule has 0 aliphatic heterocycles. The van der Waals surface area contributed by atoms with E-state index in [-0.39, 0.29) is 11.7 Å². The first-order valence-corrected chi connectivity index (χ1v) is 7.96. The molecule has 3 N–H and O–H groups in total. The summed E-state index contributed by atoms with van der Waals surface area (Å²) >= 11 is 5.79. The van der Waals surface area contributed by atoms with Gasteiger partial charge >= 0.3 is 0 Å². The van der Waals surface area contributed by atoms with E-state index in [1.54, 1.807) is 32.0 Å². The largest absolute Gasteiger partial charge is 0.289 e. The predicted molar refractivity (Wildman–Crippen MR) is 75.8 cm³/mol. The highest BCUT2D eigenvalue weighted by Crippen LogP contribution is 2.14. The zero-order valence-corrected chi connectivity index (χ0v) is 12.7. The third kappa shape index (κ3) is 5.09. The molecule has 1 rings (SSSR count). The van der Waals surface area contributed by atoms with Gasteiger partial charge in [0.25, 0.3) is 5.91 Å². The topological polar surface area (TPSA) is 95.5 Å². The van der Waals surface area contributed by atoms with Gasteiger partial charge in [0.1, 0.15) is 6.04 Å². The second-order valence-electron chi connectivity index (χ2n) is 4.70. The molecule has 0 fully saturated rings. The summed E-state index contributed by atoms with van der Waals surface area (Å²) in [6, 6.07) is 5.41. The molecule has 0 aliphatic carbocycles. The lowest BCUT2D eigenvalue weighted by atomic mass is 10.1. The van der Waals surface area contributed by atoms with Crippen molar-refractivity contribution in [3.05, 3.63) is 34.9 Å². The maximum atomic E-state index is 12.0. The standard InChI is InChI=1S/C12H17ClN2O4S/c1-8(2)11(12(16)14-17)15-20(18,19)7-9-4-3-5-10(13)6-9/h3-6,8,11,15,17H,7H2,1-2H3,(H,14,16)/t11-/m1/s1. The molecule has 0 saturated heterocycles. The summed E-state index contributed by atoms with van der Waals surface area (Å²) in [7, 11) is -3.73. The van der Waals surface area contributed by atoms with Gasteiger partial charge < -0.3 is 0 Å². The lowest BCUT2D eigenvalue weighted by molar-refractivity contribution is -0.131. The Balaban J connectivity index is 2.85. The molecule has 0 bridgehead atoms. The van der Waals surface area contributed by atoms with Crippen LogP contribution in [0.15, 0.2) is 24.3 Å². The fraction of sp³-hybridized carbons (Fsp3) is 0.417. The number of carbonyl (C=O) groups excluding carboxylic acids is 1. The van der Waals surface area contributed by atoms with Gasteiger partial charge in [0, 0.05) is 5.02 Å². The highest BCUT2D eigenvalue weighted by Gasteiger charge is 2.27. The van der Waals surface area contributed by atoms with E-state index in [9.17, 15) is 13.2 Å². The summed E-state index contributed by atoms with van der Waals surface area (Å²) < 4.78 is 26.3. The van der Waals surface area contributed by atoms with E-state index >= 15 is 0 Å². The molecule has 112 valence electrons. The first-order valence-electron chi connectivity index (χ1n) is 5.93. The Bertz CT molecular complexity index is 575. The number of benzene rings is 1. The first-order chi connectivity index (χ1) is 9.25. The van der Waals surface area contributed by atoms with E-state index in [0.29, 0.717) is 10.6 Å². The number of rotatable bonds is 6. The van der Waals surface area contributed by atoms with Crippen molar-refractivity contribution in [2.45, 2.75) is 25.6 Å². The Morgan fingerprint density at radius 3 is 2.55 bits per heavy atom. The molecule has 0 saturated carbocycles. The maximum absolute atomic E-state index is 12.0. The van der Waals surface area contributed by atoms with Crippen LogP contribution in [0.2, 0.25) is 5.02 Å². The van der Waals surface area contributed by atoms with E-state index in [2.05, 4.69) is 4.72 Å². The summed E-state index contributed by atoms with van der Waals surface area (Å²) in [6.45, 7) is 3.34. The number of carbonyl (C=O) groups is 1. The Labute approximate surface area is 123 Å². The van der Waals surface area contributed by atoms with Gasteiger partial charge in [-0.15, -0.1) is 0 Å². The summed E-state index contributed by atoms with van der Waals surface area (Å²) in [5.74, 6) is -1.40. The molecule has 8 heteroatoms. The van der Waals surface area contributed by atoms with Crippen LogP contribution in [0, 0.1) is 5.92 Å². The van der Waals surface area contributed by atoms with Crippen molar-refractivity contribution in [2.24, 2.45) is 5.92 Å². The van der Waals surface area contributed by atoms with Gasteiger partial charge in [-0.2, -0.15) is 0 Å². The molecule has 0 heterocycles. The summed E-state index contributed by atoms with van der Waals surface area (Å²) in [6.07, 6.45) is 0. The van der Waals surface area contributed by atoms with Gasteiger partial charge in [-0.3, -0.25) is 10.0 Å². The van der Waals surface area contributed by atoms with Crippen molar-refractivity contribution >= 4 is 27.5 Å². The number of halogens is 1. The second-order valence-corrected chi connectivity index (χ2v) is 6.89. The third-order valence-corrected chi connectivity index (χ3v) is 4.17. The zero-order chi connectivity index (χ0) is 15.3. The molecular weight excluding hydrogens is 304 g/mol. The van der Waals surface area contributed by atoms with Gasteiger partial charge in [0.05, 0.1) is 5.75 Å². The summed E-state index contributed by atoms with van der Waals surface area (Å²) in [5, 5.41) is 9.06. The van der Waals surface area contributed by atoms with E-state index < -0.39 is 22.0 Å². The van der Waals surface area contributed by atoms with Crippen LogP contribution in [0.4, 0.5) is 0 Å². The normalized spacial score (nSPS) is 13.2. The van der Waals surface area contributed by atoms with Crippen LogP contribution in [0.5, 0.6) is 0 Å². The molecule has 0 aliphatic rings. The molecule has 1 atom stereocenters. The smallest absolute Gasteiger partial charge is 0.261 e. The van der Waals surface area contributed by atoms with Crippen molar-refractivity contribution in [2.75, 3.05) is 0 Å². The number of hydroxylamine groups is 1. The van der Waals surface area contributed by atoms with Gasteiger partial charge in [0.2, 0.25) is 10.0 Å². The van der Waals surface area contributed by atoms with Crippen LogP contribution in [-0.2, 0) is 20.6 Å². The minimum absolute atomic E-state index is 0.296. The molecule has 0 spiro atoms. The molecule has 6 nitrogen and oxygen atoms in total. The minimum Gasteiger partial charge on any atom is -0.289 e. The first kappa shape index (κ1) is 16.9. The summed E-state index contributed by atoms with van der Waals surface area (Å²) in [4.78, 5) is 11.4. The number of amides is 1. The quantitative estimate of drug-likeness (QED) is 0.543. The van der Waals surface area contributed by atoms with Crippen molar-refractivity contribution < 1.29 is 18.4 Å². The average Bonchev–Trinajstić information content (AvgIpc) is 2.34. The third-order valence-electron chi connectivity index (χ3n) is 2.61. The minimum atomic E-state index is -3.73. The average molecular weight is 321 g/mol. The van der Waals surface area contributed by atoms with Crippen LogP contribution in [0.1, 0.15) is 19.4 Å². The van der Waals surface area contributed by atoms with E-state index in [1.807, 2.05) is 0 Å². The van der Waals surface area contributed by atoms with E-state index in [1.165, 1.54) is 11.5 Å². The maximum Gasteiger partial charge on any atom is 0.261 e. The number of sulfonamides is 1. The molecule has 20 heavy (non-hydrogen) atoms. The lowest BCUT2D eigenvalue weighted by Gasteiger charge is -2.20. The Kier molecular flexibility index (Phi) is 5.94. The van der Waals surface area contributed by atoms with Crippen molar-refractivity contribution in [1.82, 2.24) is 10.2 Å². The molecule has 0 radical (unpaired) electrons. The van der Waals surface area contributed by atoms with Crippen molar-refractivity contribution in [3.8, 4) is 0 Å². The van der Waals surface area contributed by atoms with Crippen LogP contribution in [0.3, 0.4) is 0 Å². The zero-order valence-electron chi connectivity index (χ0n) is 11.1. The Hall–Kier alpha value is -1.15. The highest BCUT2D eigenvalue weighted by atomic mass is 35.5. The summed E-state index contributed by atoms with van der Waals surface area (Å²) in [5.41, 5.74) is 1.97. The number of hydrogen-bond donors (Lipinski definition) is 3. The molecule has 1 aromatic rings. The van der Waals surface area contributed by atoms with Crippen molar-refractivity contribution in [3.63, 3.8) is 0 Å². The van der Waals surface area contributed by atoms with Gasteiger partial charge in [-0.25, -0.2) is 18.6 Å². The van der Waals surface area contributed by atoms with Gasteiger partial charge in [-0.05, 0) is 23.6 Å². The SMILES string of the molecule is CC(C)[C@@H](NS(=O)(=O)Cc1cccc(Cl)c1)C(=O)NO. The molecule has 1 aromatic carbocycles. The molecule has 0 unspecified atom stereocenters. The fourth-order valence-electron chi connectivity index (χ4n) is 1.64. The van der Waals surface area contributed by atoms with Gasteiger partial charge in [-0.1, -0.05) is 37.6 Å². The lowest BCUT2D eigenvalue weighted by Crippen LogP contribution is -2.49. The van der Waals surface area contributed by atoms with Crippen LogP contribution in [0.25, 0.3) is 0 Å². The monoisotopic (exact) mass is 320 g/mol. The van der Waals surface area contributed by atoms with Crippen LogP contribution in [-0.4, -0.2) is 25.6 Å². The second kappa shape index (κ2) is 7.03. The Morgan fingerprint density at radius 1 is 1.40 bits per heavy atom. The number of nitrogens with one attached hydrogen (secondary N) is 2. The Morgan fingerprint density at radius 2 is 2.05 bits per heavy atom. The van der Waals surface area contributed by atoms with Crippen LogP contribution >= 0.6 is 11.6 Å². The van der Waals surface area contributed by atoms with Crippen molar-refractivity contribution in [1.29, 1.82) is 0 Å². The van der Waals surface area contributed by atoms with Gasteiger partial charge in [0.15, 0.2) is 0 Å². The predicted octanol–water partition coefficient (Wildman–Crippen LogP) is 1.29. The van der Waals surface area contributed by atoms with Crippen LogP contribution < -0.4 is 10.2 Å².